The fourth-order valence-electron chi connectivity index (χ4n) is 3.06. The average molecular weight is 364 g/mol. The van der Waals surface area contributed by atoms with E-state index in [1.165, 1.54) is 0 Å². The number of anilines is 1. The Bertz CT molecular complexity index is 991. The van der Waals surface area contributed by atoms with Crippen molar-refractivity contribution in [2.45, 2.75) is 33.6 Å². The first-order valence-electron chi connectivity index (χ1n) is 9.21. The van der Waals surface area contributed by atoms with Gasteiger partial charge in [-0.3, -0.25) is 14.0 Å². The van der Waals surface area contributed by atoms with Crippen LogP contribution >= 0.6 is 0 Å². The maximum atomic E-state index is 13.0. The first-order chi connectivity index (χ1) is 13.1. The number of aryl methyl sites for hydroxylation is 2. The number of benzene rings is 1. The van der Waals surface area contributed by atoms with Crippen LogP contribution < -0.4 is 10.6 Å². The molecule has 140 valence electrons. The Morgan fingerprint density at radius 3 is 2.63 bits per heavy atom. The van der Waals surface area contributed by atoms with Gasteiger partial charge in [0.25, 0.3) is 11.8 Å². The zero-order valence-electron chi connectivity index (χ0n) is 15.9. The summed E-state index contributed by atoms with van der Waals surface area (Å²) in [7, 11) is 0. The van der Waals surface area contributed by atoms with Crippen molar-refractivity contribution < 1.29 is 9.59 Å². The summed E-state index contributed by atoms with van der Waals surface area (Å²) < 4.78 is 1.65. The summed E-state index contributed by atoms with van der Waals surface area (Å²) in [6, 6.07) is 11.4. The summed E-state index contributed by atoms with van der Waals surface area (Å²) in [6.07, 6.45) is 3.38. The van der Waals surface area contributed by atoms with Crippen LogP contribution in [0.25, 0.3) is 5.52 Å². The van der Waals surface area contributed by atoms with Gasteiger partial charge in [-0.05, 0) is 43.0 Å². The first kappa shape index (κ1) is 18.6. The summed E-state index contributed by atoms with van der Waals surface area (Å²) in [6.45, 7) is 6.55. The summed E-state index contributed by atoms with van der Waals surface area (Å²) in [5.74, 6) is -0.399. The third-order valence-corrected chi connectivity index (χ3v) is 4.48. The standard InChI is InChI=1S/C21H24N4O2/c1-4-12-22-21(27)19-23-18(16-11-6-7-13-25(16)19)20(26)24-17-14(3)9-8-10-15(17)5-2/h6-11,13H,4-5,12H2,1-3H3,(H,22,27)(H,24,26). The molecule has 0 fully saturated rings. The number of nitrogens with one attached hydrogen (secondary N) is 2. The number of fused-ring (bicyclic) bond motifs is 1. The molecule has 2 heterocycles. The van der Waals surface area contributed by atoms with E-state index in [1.807, 2.05) is 51.1 Å². The van der Waals surface area contributed by atoms with E-state index >= 15 is 0 Å². The second kappa shape index (κ2) is 8.03. The quantitative estimate of drug-likeness (QED) is 0.702. The minimum absolute atomic E-state index is 0.213. The minimum Gasteiger partial charge on any atom is -0.349 e. The fraction of sp³-hybridized carbons (Fsp3) is 0.286. The van der Waals surface area contributed by atoms with Gasteiger partial charge in [0.15, 0.2) is 5.69 Å². The Morgan fingerprint density at radius 1 is 1.07 bits per heavy atom. The molecule has 3 aromatic rings. The molecule has 0 saturated carbocycles. The molecule has 6 nitrogen and oxygen atoms in total. The van der Waals surface area contributed by atoms with Crippen molar-refractivity contribution in [3.8, 4) is 0 Å². The Labute approximate surface area is 158 Å². The van der Waals surface area contributed by atoms with Crippen molar-refractivity contribution in [1.82, 2.24) is 14.7 Å². The van der Waals surface area contributed by atoms with Gasteiger partial charge in [-0.2, -0.15) is 0 Å². The first-order valence-corrected chi connectivity index (χ1v) is 9.21. The van der Waals surface area contributed by atoms with Gasteiger partial charge in [0.2, 0.25) is 5.82 Å². The molecular formula is C21H24N4O2. The predicted molar refractivity (Wildman–Crippen MR) is 106 cm³/mol. The van der Waals surface area contributed by atoms with E-state index in [1.54, 1.807) is 16.7 Å². The molecule has 0 spiro atoms. The van der Waals surface area contributed by atoms with Crippen molar-refractivity contribution in [3.63, 3.8) is 0 Å². The Morgan fingerprint density at radius 2 is 1.89 bits per heavy atom. The number of pyridine rings is 1. The number of carbonyl (C=O) groups is 2. The second-order valence-electron chi connectivity index (χ2n) is 6.41. The Hall–Kier alpha value is -3.15. The van der Waals surface area contributed by atoms with Crippen LogP contribution in [0.1, 0.15) is 52.5 Å². The van der Waals surface area contributed by atoms with E-state index < -0.39 is 0 Å². The van der Waals surface area contributed by atoms with E-state index in [-0.39, 0.29) is 23.3 Å². The lowest BCUT2D eigenvalue weighted by Crippen LogP contribution is -2.26. The van der Waals surface area contributed by atoms with E-state index in [0.717, 1.165) is 29.7 Å². The van der Waals surface area contributed by atoms with Gasteiger partial charge in [0.05, 0.1) is 5.52 Å². The average Bonchev–Trinajstić information content (AvgIpc) is 3.07. The Kier molecular flexibility index (Phi) is 5.54. The number of amides is 2. The summed E-state index contributed by atoms with van der Waals surface area (Å²) in [4.78, 5) is 29.8. The van der Waals surface area contributed by atoms with Gasteiger partial charge < -0.3 is 10.6 Å². The molecule has 0 atom stereocenters. The molecule has 2 aromatic heterocycles. The molecule has 0 radical (unpaired) electrons. The minimum atomic E-state index is -0.322. The molecule has 0 bridgehead atoms. The van der Waals surface area contributed by atoms with Crippen LogP contribution in [-0.2, 0) is 6.42 Å². The molecule has 0 saturated heterocycles. The van der Waals surface area contributed by atoms with Crippen LogP contribution in [0.4, 0.5) is 5.69 Å². The van der Waals surface area contributed by atoms with Crippen LogP contribution in [-0.4, -0.2) is 27.7 Å². The lowest BCUT2D eigenvalue weighted by Gasteiger charge is -2.12. The molecule has 0 aliphatic carbocycles. The highest BCUT2D eigenvalue weighted by molar-refractivity contribution is 6.09. The van der Waals surface area contributed by atoms with Crippen molar-refractivity contribution in [1.29, 1.82) is 0 Å². The smallest absolute Gasteiger partial charge is 0.287 e. The van der Waals surface area contributed by atoms with Gasteiger partial charge in [-0.1, -0.05) is 38.1 Å². The number of imidazole rings is 1. The number of hydrogen-bond donors (Lipinski definition) is 2. The van der Waals surface area contributed by atoms with Gasteiger partial charge >= 0.3 is 0 Å². The number of carbonyl (C=O) groups excluding carboxylic acids is 2. The molecule has 2 amide bonds. The fourth-order valence-corrected chi connectivity index (χ4v) is 3.06. The topological polar surface area (TPSA) is 75.5 Å². The largest absolute Gasteiger partial charge is 0.349 e. The monoisotopic (exact) mass is 364 g/mol. The van der Waals surface area contributed by atoms with E-state index in [9.17, 15) is 9.59 Å². The number of nitrogens with zero attached hydrogens (tertiary/aromatic N) is 2. The normalized spacial score (nSPS) is 10.8. The highest BCUT2D eigenvalue weighted by Crippen LogP contribution is 2.23. The van der Waals surface area contributed by atoms with Gasteiger partial charge in [0.1, 0.15) is 0 Å². The summed E-state index contributed by atoms with van der Waals surface area (Å²) >= 11 is 0. The van der Waals surface area contributed by atoms with Crippen LogP contribution in [0.5, 0.6) is 0 Å². The molecule has 1 aromatic carbocycles. The Balaban J connectivity index is 2.00. The third kappa shape index (κ3) is 3.69. The van der Waals surface area contributed by atoms with Crippen molar-refractivity contribution >= 4 is 23.0 Å². The van der Waals surface area contributed by atoms with Crippen LogP contribution in [0.15, 0.2) is 42.6 Å². The number of hydrogen-bond acceptors (Lipinski definition) is 3. The second-order valence-corrected chi connectivity index (χ2v) is 6.41. The highest BCUT2D eigenvalue weighted by atomic mass is 16.2. The van der Waals surface area contributed by atoms with E-state index in [4.69, 9.17) is 0 Å². The summed E-state index contributed by atoms with van der Waals surface area (Å²) in [5, 5.41) is 5.80. The van der Waals surface area contributed by atoms with Crippen LogP contribution in [0.3, 0.4) is 0 Å². The molecule has 0 aliphatic heterocycles. The molecule has 27 heavy (non-hydrogen) atoms. The predicted octanol–water partition coefficient (Wildman–Crippen LogP) is 3.60. The van der Waals surface area contributed by atoms with E-state index in [0.29, 0.717) is 12.1 Å². The van der Waals surface area contributed by atoms with Gasteiger partial charge in [-0.25, -0.2) is 4.98 Å². The molecule has 3 rings (SSSR count). The van der Waals surface area contributed by atoms with Crippen molar-refractivity contribution in [2.75, 3.05) is 11.9 Å². The van der Waals surface area contributed by atoms with Crippen LogP contribution in [0, 0.1) is 6.92 Å². The zero-order valence-corrected chi connectivity index (χ0v) is 15.9. The number of para-hydroxylation sites is 1. The molecule has 6 heteroatoms. The third-order valence-electron chi connectivity index (χ3n) is 4.48. The molecule has 0 unspecified atom stereocenters. The van der Waals surface area contributed by atoms with Crippen molar-refractivity contribution in [2.24, 2.45) is 0 Å². The number of rotatable bonds is 6. The lowest BCUT2D eigenvalue weighted by atomic mass is 10.1. The SMILES string of the molecule is CCCNC(=O)c1nc(C(=O)Nc2c(C)cccc2CC)c2ccccn12. The summed E-state index contributed by atoms with van der Waals surface area (Å²) in [5.41, 5.74) is 3.70. The lowest BCUT2D eigenvalue weighted by molar-refractivity contribution is 0.0942. The zero-order chi connectivity index (χ0) is 19.4. The maximum absolute atomic E-state index is 13.0. The molecule has 2 N–H and O–H groups in total. The highest BCUT2D eigenvalue weighted by Gasteiger charge is 2.22. The molecule has 0 aliphatic rings. The van der Waals surface area contributed by atoms with Crippen LogP contribution in [0.2, 0.25) is 0 Å². The number of aromatic nitrogens is 2. The maximum Gasteiger partial charge on any atom is 0.287 e. The van der Waals surface area contributed by atoms with Gasteiger partial charge in [0, 0.05) is 18.4 Å². The van der Waals surface area contributed by atoms with Crippen molar-refractivity contribution in [3.05, 3.63) is 65.2 Å². The molecular weight excluding hydrogens is 340 g/mol. The van der Waals surface area contributed by atoms with E-state index in [2.05, 4.69) is 15.6 Å². The van der Waals surface area contributed by atoms with Gasteiger partial charge in [-0.15, -0.1) is 0 Å².